The number of nitrogens with one attached hydrogen (secondary N) is 2. The van der Waals surface area contributed by atoms with E-state index >= 15 is 0 Å². The average Bonchev–Trinajstić information content (AvgIpc) is 2.83. The molecular weight excluding hydrogens is 357 g/mol. The maximum atomic E-state index is 12.9. The first-order valence-electron chi connectivity index (χ1n) is 5.50. The Labute approximate surface area is 120 Å². The van der Waals surface area contributed by atoms with E-state index in [0.29, 0.717) is 6.54 Å². The zero-order valence-corrected chi connectivity index (χ0v) is 14.3. The summed E-state index contributed by atoms with van der Waals surface area (Å²) in [6.45, 7) is 0.312. The van der Waals surface area contributed by atoms with E-state index in [4.69, 9.17) is 11.6 Å². The van der Waals surface area contributed by atoms with Gasteiger partial charge in [0.05, 0.1) is 0 Å². The number of urea groups is 1. The topological polar surface area (TPSA) is 41.1 Å². The zero-order chi connectivity index (χ0) is 13.0. The Morgan fingerprint density at radius 1 is 1.44 bits per heavy atom. The van der Waals surface area contributed by atoms with Crippen molar-refractivity contribution in [1.82, 2.24) is 10.6 Å². The Bertz CT molecular complexity index is 531. The predicted molar refractivity (Wildman–Crippen MR) is 71.2 cm³/mol. The number of hydrogen-bond donors (Lipinski definition) is 2. The van der Waals surface area contributed by atoms with Gasteiger partial charge in [0.15, 0.2) is 0 Å². The standard InChI is InChI=1S/C12H10ClFN2O.In.H/c1-3-8(2)16-12(17)15-7-9-4-5-11(14)10(13)6-9;;/h1-6H,7H2,(H2,15,16,17);;. The van der Waals surface area contributed by atoms with E-state index in [9.17, 15) is 9.18 Å². The van der Waals surface area contributed by atoms with Gasteiger partial charge in [-0.05, 0) is 0 Å². The molecule has 1 heterocycles. The van der Waals surface area contributed by atoms with Crippen LogP contribution in [0.4, 0.5) is 9.18 Å². The molecule has 1 aromatic carbocycles. The van der Waals surface area contributed by atoms with Crippen molar-refractivity contribution in [2.75, 3.05) is 0 Å². The summed E-state index contributed by atoms with van der Waals surface area (Å²) in [4.78, 5) is 11.5. The van der Waals surface area contributed by atoms with Crippen molar-refractivity contribution < 1.29 is 9.18 Å². The van der Waals surface area contributed by atoms with Crippen molar-refractivity contribution in [3.63, 3.8) is 0 Å². The van der Waals surface area contributed by atoms with Crippen LogP contribution < -0.4 is 10.6 Å². The van der Waals surface area contributed by atoms with Crippen LogP contribution in [0.15, 0.2) is 37.6 Å². The molecule has 2 rings (SSSR count). The van der Waals surface area contributed by atoms with E-state index in [2.05, 4.69) is 18.3 Å². The van der Waals surface area contributed by atoms with Crippen LogP contribution in [0.1, 0.15) is 5.56 Å². The van der Waals surface area contributed by atoms with Crippen LogP contribution in [-0.2, 0) is 6.54 Å². The van der Waals surface area contributed by atoms with Gasteiger partial charge in [0.2, 0.25) is 0 Å². The van der Waals surface area contributed by atoms with Crippen molar-refractivity contribution in [2.24, 2.45) is 0 Å². The van der Waals surface area contributed by atoms with Crippen molar-refractivity contribution in [2.45, 2.75) is 6.54 Å². The van der Waals surface area contributed by atoms with Gasteiger partial charge in [-0.15, -0.1) is 0 Å². The van der Waals surface area contributed by atoms with Crippen LogP contribution in [0.5, 0.6) is 0 Å². The maximum absolute atomic E-state index is 12.9. The van der Waals surface area contributed by atoms with Gasteiger partial charge in [-0.3, -0.25) is 0 Å². The number of halogens is 2. The molecule has 0 atom stereocenters. The van der Waals surface area contributed by atoms with Gasteiger partial charge < -0.3 is 0 Å². The molecule has 1 aromatic rings. The molecule has 0 unspecified atom stereocenters. The third kappa shape index (κ3) is 3.78. The first-order chi connectivity index (χ1) is 8.65. The van der Waals surface area contributed by atoms with Crippen LogP contribution in [0.25, 0.3) is 0 Å². The Hall–Kier alpha value is -0.940. The SMILES string of the molecule is O=C(NCc1ccc(F)c(Cl)c1)NC1=[CH][InH][CH]=C1. The molecular formula is C12H11ClFInN2O. The Balaban J connectivity index is 1.85. The number of allylic oxidation sites excluding steroid dienone is 1. The number of carbonyl (C=O) groups is 1. The number of rotatable bonds is 3. The second-order valence-electron chi connectivity index (χ2n) is 3.85. The van der Waals surface area contributed by atoms with Gasteiger partial charge in [0.25, 0.3) is 0 Å². The summed E-state index contributed by atoms with van der Waals surface area (Å²) in [6.07, 6.45) is 1.93. The van der Waals surface area contributed by atoms with E-state index in [-0.39, 0.29) is 11.1 Å². The third-order valence-electron chi connectivity index (χ3n) is 2.47. The molecule has 0 radical (unpaired) electrons. The van der Waals surface area contributed by atoms with Crippen LogP contribution in [-0.4, -0.2) is 28.9 Å². The molecule has 1 aliphatic rings. The second kappa shape index (κ2) is 6.29. The molecule has 0 fully saturated rings. The first kappa shape index (κ1) is 13.5. The van der Waals surface area contributed by atoms with E-state index in [1.165, 1.54) is 12.1 Å². The van der Waals surface area contributed by atoms with Crippen LogP contribution in [0.2, 0.25) is 5.02 Å². The molecule has 0 spiro atoms. The molecule has 0 saturated carbocycles. The molecule has 1 aliphatic heterocycles. The third-order valence-corrected chi connectivity index (χ3v) is 6.13. The summed E-state index contributed by atoms with van der Waals surface area (Å²) >= 11 is 4.82. The summed E-state index contributed by atoms with van der Waals surface area (Å²) in [5.41, 5.74) is 1.63. The number of hydrogen-bond acceptors (Lipinski definition) is 1. The van der Waals surface area contributed by atoms with Gasteiger partial charge in [0, 0.05) is 0 Å². The number of carbonyl (C=O) groups excluding carboxylic acids is 1. The minimum atomic E-state index is -0.830. The Morgan fingerprint density at radius 2 is 2.28 bits per heavy atom. The summed E-state index contributed by atoms with van der Waals surface area (Å²) in [5, 5.41) is 5.50. The van der Waals surface area contributed by atoms with E-state index in [0.717, 1.165) is 11.3 Å². The van der Waals surface area contributed by atoms with Crippen molar-refractivity contribution in [3.8, 4) is 0 Å². The van der Waals surface area contributed by atoms with Crippen molar-refractivity contribution >= 4 is 40.5 Å². The van der Waals surface area contributed by atoms with Crippen molar-refractivity contribution in [1.29, 1.82) is 0 Å². The second-order valence-corrected chi connectivity index (χ2v) is 8.12. The normalized spacial score (nSPS) is 12.9. The zero-order valence-electron chi connectivity index (χ0n) is 9.54. The van der Waals surface area contributed by atoms with Gasteiger partial charge >= 0.3 is 121 Å². The minimum absolute atomic E-state index is 0.0604. The molecule has 0 aliphatic carbocycles. The molecule has 2 amide bonds. The number of amides is 2. The van der Waals surface area contributed by atoms with Gasteiger partial charge in [-0.1, -0.05) is 0 Å². The van der Waals surface area contributed by atoms with Gasteiger partial charge in [-0.2, -0.15) is 0 Å². The summed E-state index contributed by atoms with van der Waals surface area (Å²) in [6, 6.07) is 4.11. The average molecular weight is 369 g/mol. The summed E-state index contributed by atoms with van der Waals surface area (Å²) in [5.74, 6) is -0.460. The summed E-state index contributed by atoms with van der Waals surface area (Å²) < 4.78 is 17.2. The molecule has 0 saturated heterocycles. The van der Waals surface area contributed by atoms with E-state index in [1.54, 1.807) is 6.07 Å². The van der Waals surface area contributed by atoms with Crippen LogP contribution in [0, 0.1) is 5.82 Å². The quantitative estimate of drug-likeness (QED) is 0.843. The van der Waals surface area contributed by atoms with E-state index in [1.807, 2.05) is 6.08 Å². The molecule has 92 valence electrons. The predicted octanol–water partition coefficient (Wildman–Crippen LogP) is 2.08. The molecule has 0 bridgehead atoms. The first-order valence-corrected chi connectivity index (χ1v) is 10.5. The monoisotopic (exact) mass is 368 g/mol. The van der Waals surface area contributed by atoms with Crippen LogP contribution >= 0.6 is 11.6 Å². The van der Waals surface area contributed by atoms with Gasteiger partial charge in [-0.25, -0.2) is 0 Å². The summed E-state index contributed by atoms with van der Waals surface area (Å²) in [7, 11) is 0. The van der Waals surface area contributed by atoms with Gasteiger partial charge in [0.1, 0.15) is 0 Å². The number of benzene rings is 1. The Morgan fingerprint density at radius 3 is 2.94 bits per heavy atom. The molecule has 2 N–H and O–H groups in total. The molecule has 3 nitrogen and oxygen atoms in total. The fraction of sp³-hybridized carbons (Fsp3) is 0.0833. The van der Waals surface area contributed by atoms with Crippen molar-refractivity contribution in [3.05, 3.63) is 54.0 Å². The van der Waals surface area contributed by atoms with E-state index < -0.39 is 28.7 Å². The fourth-order valence-electron chi connectivity index (χ4n) is 1.56. The molecule has 18 heavy (non-hydrogen) atoms. The Kier molecular flexibility index (Phi) is 4.72. The molecule has 0 aromatic heterocycles. The molecule has 6 heteroatoms. The fourth-order valence-corrected chi connectivity index (χ4v) is 4.67. The van der Waals surface area contributed by atoms with Crippen LogP contribution in [0.3, 0.4) is 0 Å².